The molecule has 0 saturated heterocycles. The molecule has 30 heavy (non-hydrogen) atoms. The normalized spacial score (nSPS) is 11.9. The first-order valence-electron chi connectivity index (χ1n) is 9.45. The van der Waals surface area contributed by atoms with Gasteiger partial charge in [0.2, 0.25) is 0 Å². The van der Waals surface area contributed by atoms with Crippen molar-refractivity contribution in [3.05, 3.63) is 52.8 Å². The second kappa shape index (κ2) is 12.8. The highest BCUT2D eigenvalue weighted by molar-refractivity contribution is 14.0. The van der Waals surface area contributed by atoms with Crippen LogP contribution in [0.4, 0.5) is 13.2 Å². The molecule has 0 aliphatic carbocycles. The smallest absolute Gasteiger partial charge is 0.367 e. The molecular formula is C20H29F3IN5O. The predicted octanol–water partition coefficient (Wildman–Crippen LogP) is 3.95. The van der Waals surface area contributed by atoms with Gasteiger partial charge >= 0.3 is 6.18 Å². The van der Waals surface area contributed by atoms with Crippen LogP contribution in [-0.2, 0) is 24.4 Å². The van der Waals surface area contributed by atoms with Gasteiger partial charge in [-0.1, -0.05) is 24.3 Å². The van der Waals surface area contributed by atoms with Crippen molar-refractivity contribution in [1.29, 1.82) is 0 Å². The Balaban J connectivity index is 0.00000450. The molecule has 0 saturated carbocycles. The first kappa shape index (κ1) is 26.2. The number of alkyl halides is 3. The Hall–Kier alpha value is -1.82. The fraction of sp³-hybridized carbons (Fsp3) is 0.500. The van der Waals surface area contributed by atoms with Gasteiger partial charge in [-0.2, -0.15) is 18.3 Å². The Bertz CT molecular complexity index is 791. The summed E-state index contributed by atoms with van der Waals surface area (Å²) in [4.78, 5) is 4.20. The summed E-state index contributed by atoms with van der Waals surface area (Å²) in [6, 6.07) is 9.29. The zero-order valence-electron chi connectivity index (χ0n) is 17.4. The summed E-state index contributed by atoms with van der Waals surface area (Å²) >= 11 is 0. The SMILES string of the molecule is CN=C(NCCCn1nc(C)cc1C)NCc1ccc(COCC(F)(F)F)cc1.I. The number of aliphatic imine (C=N–C) groups is 1. The van der Waals surface area contributed by atoms with E-state index in [4.69, 9.17) is 0 Å². The molecule has 0 atom stereocenters. The minimum Gasteiger partial charge on any atom is -0.367 e. The van der Waals surface area contributed by atoms with Gasteiger partial charge in [0.25, 0.3) is 0 Å². The number of halogens is 4. The molecule has 0 aliphatic heterocycles. The molecule has 0 amide bonds. The number of nitrogens with zero attached hydrogens (tertiary/aromatic N) is 3. The van der Waals surface area contributed by atoms with E-state index in [0.29, 0.717) is 18.1 Å². The van der Waals surface area contributed by atoms with Gasteiger partial charge in [0.1, 0.15) is 6.61 Å². The molecule has 6 nitrogen and oxygen atoms in total. The van der Waals surface area contributed by atoms with Gasteiger partial charge in [-0.15, -0.1) is 24.0 Å². The maximum atomic E-state index is 12.1. The molecule has 2 aromatic rings. The summed E-state index contributed by atoms with van der Waals surface area (Å²) in [5.74, 6) is 0.691. The van der Waals surface area contributed by atoms with Crippen LogP contribution in [0.1, 0.15) is 28.9 Å². The monoisotopic (exact) mass is 539 g/mol. The quantitative estimate of drug-likeness (QED) is 0.219. The number of ether oxygens (including phenoxy) is 1. The lowest BCUT2D eigenvalue weighted by molar-refractivity contribution is -0.176. The van der Waals surface area contributed by atoms with Crippen LogP contribution in [-0.4, -0.2) is 42.1 Å². The second-order valence-electron chi connectivity index (χ2n) is 6.78. The molecule has 10 heteroatoms. The summed E-state index contributed by atoms with van der Waals surface area (Å²) < 4.78 is 42.9. The van der Waals surface area contributed by atoms with Crippen molar-refractivity contribution in [1.82, 2.24) is 20.4 Å². The van der Waals surface area contributed by atoms with Crippen molar-refractivity contribution in [3.63, 3.8) is 0 Å². The molecule has 0 bridgehead atoms. The number of guanidine groups is 1. The minimum atomic E-state index is -4.30. The molecule has 0 radical (unpaired) electrons. The molecule has 1 aromatic carbocycles. The molecule has 0 spiro atoms. The van der Waals surface area contributed by atoms with Crippen LogP contribution in [0.25, 0.3) is 0 Å². The van der Waals surface area contributed by atoms with E-state index in [1.807, 2.05) is 30.7 Å². The van der Waals surface area contributed by atoms with Crippen LogP contribution in [0.3, 0.4) is 0 Å². The number of aromatic nitrogens is 2. The van der Waals surface area contributed by atoms with Crippen LogP contribution in [0.15, 0.2) is 35.3 Å². The van der Waals surface area contributed by atoms with Gasteiger partial charge in [0.05, 0.1) is 12.3 Å². The number of hydrogen-bond acceptors (Lipinski definition) is 3. The van der Waals surface area contributed by atoms with E-state index >= 15 is 0 Å². The van der Waals surface area contributed by atoms with E-state index in [0.717, 1.165) is 36.5 Å². The van der Waals surface area contributed by atoms with Crippen molar-refractivity contribution >= 4 is 29.9 Å². The Kier molecular flexibility index (Phi) is 11.2. The second-order valence-corrected chi connectivity index (χ2v) is 6.78. The third-order valence-electron chi connectivity index (χ3n) is 4.18. The van der Waals surface area contributed by atoms with Crippen molar-refractivity contribution in [3.8, 4) is 0 Å². The average molecular weight is 539 g/mol. The van der Waals surface area contributed by atoms with E-state index < -0.39 is 12.8 Å². The summed E-state index contributed by atoms with van der Waals surface area (Å²) in [5.41, 5.74) is 3.86. The number of nitrogens with one attached hydrogen (secondary N) is 2. The lowest BCUT2D eigenvalue weighted by Gasteiger charge is -2.13. The third-order valence-corrected chi connectivity index (χ3v) is 4.18. The summed E-state index contributed by atoms with van der Waals surface area (Å²) in [6.07, 6.45) is -3.39. The summed E-state index contributed by atoms with van der Waals surface area (Å²) in [7, 11) is 1.71. The van der Waals surface area contributed by atoms with Gasteiger partial charge in [-0.05, 0) is 37.5 Å². The molecule has 0 fully saturated rings. The van der Waals surface area contributed by atoms with Gasteiger partial charge in [-0.25, -0.2) is 0 Å². The molecule has 1 heterocycles. The summed E-state index contributed by atoms with van der Waals surface area (Å²) in [6.45, 7) is 4.87. The van der Waals surface area contributed by atoms with Crippen molar-refractivity contribution in [2.75, 3.05) is 20.2 Å². The van der Waals surface area contributed by atoms with Gasteiger partial charge < -0.3 is 15.4 Å². The van der Waals surface area contributed by atoms with Crippen molar-refractivity contribution < 1.29 is 17.9 Å². The van der Waals surface area contributed by atoms with Crippen LogP contribution in [0.2, 0.25) is 0 Å². The van der Waals surface area contributed by atoms with E-state index in [1.165, 1.54) is 0 Å². The Morgan fingerprint density at radius 3 is 2.37 bits per heavy atom. The van der Waals surface area contributed by atoms with Crippen molar-refractivity contribution in [2.45, 2.75) is 46.1 Å². The highest BCUT2D eigenvalue weighted by Gasteiger charge is 2.27. The standard InChI is InChI=1S/C20H28F3N5O.HI/c1-15-11-16(2)28(27-15)10-4-9-25-19(24-3)26-12-17-5-7-18(8-6-17)13-29-14-20(21,22)23;/h5-8,11H,4,9-10,12-14H2,1-3H3,(H2,24,25,26);1H. The topological polar surface area (TPSA) is 63.5 Å². The lowest BCUT2D eigenvalue weighted by atomic mass is 10.1. The van der Waals surface area contributed by atoms with Crippen LogP contribution in [0.5, 0.6) is 0 Å². The summed E-state index contributed by atoms with van der Waals surface area (Å²) in [5, 5.41) is 10.9. The average Bonchev–Trinajstić information content (AvgIpc) is 2.98. The van der Waals surface area contributed by atoms with Gasteiger partial charge in [0, 0.05) is 32.4 Å². The van der Waals surface area contributed by atoms with Crippen molar-refractivity contribution in [2.24, 2.45) is 4.99 Å². The molecule has 168 valence electrons. The molecule has 2 rings (SSSR count). The number of hydrogen-bond donors (Lipinski definition) is 2. The number of benzene rings is 1. The van der Waals surface area contributed by atoms with E-state index in [-0.39, 0.29) is 30.6 Å². The lowest BCUT2D eigenvalue weighted by Crippen LogP contribution is -2.37. The van der Waals surface area contributed by atoms with Crippen LogP contribution in [0, 0.1) is 13.8 Å². The van der Waals surface area contributed by atoms with Crippen LogP contribution < -0.4 is 10.6 Å². The highest BCUT2D eigenvalue weighted by Crippen LogP contribution is 2.15. The molecule has 2 N–H and O–H groups in total. The molecule has 0 aliphatic rings. The third kappa shape index (κ3) is 9.79. The molecular weight excluding hydrogens is 510 g/mol. The minimum absolute atomic E-state index is 0. The maximum absolute atomic E-state index is 12.1. The van der Waals surface area contributed by atoms with Gasteiger partial charge in [-0.3, -0.25) is 9.67 Å². The highest BCUT2D eigenvalue weighted by atomic mass is 127. The van der Waals surface area contributed by atoms with E-state index in [2.05, 4.69) is 31.5 Å². The molecule has 1 aromatic heterocycles. The largest absolute Gasteiger partial charge is 0.411 e. The maximum Gasteiger partial charge on any atom is 0.411 e. The zero-order valence-corrected chi connectivity index (χ0v) is 19.8. The fourth-order valence-corrected chi connectivity index (χ4v) is 2.78. The van der Waals surface area contributed by atoms with Crippen LogP contribution >= 0.6 is 24.0 Å². The zero-order chi connectivity index (χ0) is 21.3. The first-order chi connectivity index (χ1) is 13.8. The Morgan fingerprint density at radius 2 is 1.80 bits per heavy atom. The van der Waals surface area contributed by atoms with E-state index in [9.17, 15) is 13.2 Å². The number of aryl methyl sites for hydroxylation is 3. The van der Waals surface area contributed by atoms with E-state index in [1.54, 1.807) is 19.2 Å². The van der Waals surface area contributed by atoms with Gasteiger partial charge in [0.15, 0.2) is 5.96 Å². The predicted molar refractivity (Wildman–Crippen MR) is 122 cm³/mol. The molecule has 0 unspecified atom stereocenters. The first-order valence-corrected chi connectivity index (χ1v) is 9.45. The Labute approximate surface area is 192 Å². The Morgan fingerprint density at radius 1 is 1.13 bits per heavy atom. The number of rotatable bonds is 9. The fourth-order valence-electron chi connectivity index (χ4n) is 2.78.